The van der Waals surface area contributed by atoms with Crippen molar-refractivity contribution in [3.05, 3.63) is 6.79 Å². The molecule has 0 rings (SSSR count). The van der Waals surface area contributed by atoms with Crippen LogP contribution in [-0.2, 0) is 9.47 Å². The third-order valence-corrected chi connectivity index (χ3v) is 3.00. The Morgan fingerprint density at radius 2 is 1.13 bits per heavy atom. The van der Waals surface area contributed by atoms with E-state index < -0.39 is 0 Å². The second-order valence-electron chi connectivity index (χ2n) is 5.75. The zero-order valence-electron chi connectivity index (χ0n) is 11.2. The minimum Gasteiger partial charge on any atom is -0.347 e. The molecule has 91 valence electrons. The van der Waals surface area contributed by atoms with Crippen LogP contribution in [0.25, 0.3) is 0 Å². The number of hydrogen-bond donors (Lipinski definition) is 0. The van der Waals surface area contributed by atoms with E-state index in [1.807, 2.05) is 0 Å². The number of hydrogen-bond acceptors (Lipinski definition) is 2. The van der Waals surface area contributed by atoms with Crippen LogP contribution < -0.4 is 0 Å². The van der Waals surface area contributed by atoms with Gasteiger partial charge in [-0.2, -0.15) is 0 Å². The molecule has 15 heavy (non-hydrogen) atoms. The van der Waals surface area contributed by atoms with Crippen molar-refractivity contribution >= 4 is 0 Å². The van der Waals surface area contributed by atoms with E-state index in [0.717, 1.165) is 26.1 Å². The van der Waals surface area contributed by atoms with Crippen LogP contribution in [0.4, 0.5) is 0 Å². The lowest BCUT2D eigenvalue weighted by Crippen LogP contribution is -2.20. The highest BCUT2D eigenvalue weighted by atomic mass is 16.7. The fraction of sp³-hybridized carbons (Fsp3) is 0.923. The highest BCUT2D eigenvalue weighted by Crippen LogP contribution is 2.22. The Bertz CT molecular complexity index is 144. The third-order valence-electron chi connectivity index (χ3n) is 3.00. The molecular formula is C13H27O2. The van der Waals surface area contributed by atoms with Crippen LogP contribution in [0.2, 0.25) is 0 Å². The number of rotatable bonds is 8. The number of ether oxygens (including phenoxy) is 2. The van der Waals surface area contributed by atoms with Crippen molar-refractivity contribution in [1.29, 1.82) is 0 Å². The molecule has 0 aromatic heterocycles. The van der Waals surface area contributed by atoms with Gasteiger partial charge in [0.1, 0.15) is 0 Å². The van der Waals surface area contributed by atoms with Gasteiger partial charge >= 0.3 is 0 Å². The molecule has 0 spiro atoms. The van der Waals surface area contributed by atoms with Gasteiger partial charge < -0.3 is 9.47 Å². The molecule has 0 aromatic rings. The quantitative estimate of drug-likeness (QED) is 0.569. The van der Waals surface area contributed by atoms with E-state index in [-0.39, 0.29) is 10.8 Å². The summed E-state index contributed by atoms with van der Waals surface area (Å²) in [5.74, 6) is 0. The Hall–Kier alpha value is -0.0800. The first-order valence-electron chi connectivity index (χ1n) is 5.88. The summed E-state index contributed by atoms with van der Waals surface area (Å²) in [6.07, 6.45) is 2.22. The molecule has 0 aliphatic heterocycles. The van der Waals surface area contributed by atoms with Crippen LogP contribution in [0.3, 0.4) is 0 Å². The van der Waals surface area contributed by atoms with E-state index in [4.69, 9.17) is 9.47 Å². The molecule has 0 unspecified atom stereocenters. The summed E-state index contributed by atoms with van der Waals surface area (Å²) >= 11 is 0. The van der Waals surface area contributed by atoms with Crippen molar-refractivity contribution in [2.24, 2.45) is 10.8 Å². The summed E-state index contributed by atoms with van der Waals surface area (Å²) in [6, 6.07) is 0. The van der Waals surface area contributed by atoms with Gasteiger partial charge in [0.2, 0.25) is 6.79 Å². The molecule has 2 nitrogen and oxygen atoms in total. The van der Waals surface area contributed by atoms with Gasteiger partial charge in [0.25, 0.3) is 0 Å². The second-order valence-corrected chi connectivity index (χ2v) is 5.75. The Morgan fingerprint density at radius 1 is 0.800 bits per heavy atom. The Labute approximate surface area is 95.3 Å². The highest BCUT2D eigenvalue weighted by Gasteiger charge is 2.17. The maximum absolute atomic E-state index is 5.38. The molecule has 1 radical (unpaired) electrons. The lowest BCUT2D eigenvalue weighted by atomic mass is 9.92. The molecule has 0 fully saturated rings. The first-order chi connectivity index (χ1) is 6.83. The standard InChI is InChI=1S/C13H27O2/c1-7-12(3,4)9-14-11-15-10-13(5,6)8-2/h11H,7-10H2,1-6H3. The summed E-state index contributed by atoms with van der Waals surface area (Å²) in [6.45, 7) is 16.0. The maximum Gasteiger partial charge on any atom is 0.209 e. The van der Waals surface area contributed by atoms with Crippen molar-refractivity contribution in [1.82, 2.24) is 0 Å². The molecule has 0 atom stereocenters. The van der Waals surface area contributed by atoms with Crippen molar-refractivity contribution < 1.29 is 9.47 Å². The molecule has 0 saturated carbocycles. The maximum atomic E-state index is 5.38. The van der Waals surface area contributed by atoms with E-state index in [1.54, 1.807) is 0 Å². The zero-order valence-corrected chi connectivity index (χ0v) is 11.2. The van der Waals surface area contributed by atoms with E-state index in [2.05, 4.69) is 41.5 Å². The molecule has 0 aromatic carbocycles. The summed E-state index contributed by atoms with van der Waals surface area (Å²) in [4.78, 5) is 0. The molecule has 2 heteroatoms. The monoisotopic (exact) mass is 215 g/mol. The van der Waals surface area contributed by atoms with Crippen molar-refractivity contribution in [2.45, 2.75) is 54.4 Å². The molecule has 0 saturated heterocycles. The van der Waals surface area contributed by atoms with Crippen LogP contribution in [0.15, 0.2) is 0 Å². The highest BCUT2D eigenvalue weighted by molar-refractivity contribution is 4.66. The van der Waals surface area contributed by atoms with E-state index in [9.17, 15) is 0 Å². The molecule has 0 aliphatic rings. The van der Waals surface area contributed by atoms with E-state index in [1.165, 1.54) is 6.79 Å². The normalized spacial score (nSPS) is 13.2. The molecule has 0 heterocycles. The molecule has 0 bridgehead atoms. The minimum atomic E-state index is 0.236. The van der Waals surface area contributed by atoms with Gasteiger partial charge in [-0.25, -0.2) is 0 Å². The summed E-state index contributed by atoms with van der Waals surface area (Å²) in [5, 5.41) is 0. The molecule has 0 N–H and O–H groups in total. The van der Waals surface area contributed by atoms with Crippen LogP contribution in [-0.4, -0.2) is 13.2 Å². The minimum absolute atomic E-state index is 0.236. The molecular weight excluding hydrogens is 188 g/mol. The van der Waals surface area contributed by atoms with Crippen LogP contribution in [0.1, 0.15) is 54.4 Å². The van der Waals surface area contributed by atoms with E-state index in [0.29, 0.717) is 0 Å². The average Bonchev–Trinajstić information content (AvgIpc) is 2.17. The third kappa shape index (κ3) is 7.80. The van der Waals surface area contributed by atoms with E-state index >= 15 is 0 Å². The van der Waals surface area contributed by atoms with Gasteiger partial charge in [0.15, 0.2) is 0 Å². The Morgan fingerprint density at radius 3 is 1.40 bits per heavy atom. The lowest BCUT2D eigenvalue weighted by Gasteiger charge is -2.24. The smallest absolute Gasteiger partial charge is 0.209 e. The average molecular weight is 215 g/mol. The van der Waals surface area contributed by atoms with Gasteiger partial charge in [-0.1, -0.05) is 41.5 Å². The SMILES string of the molecule is CCC(C)(C)CO[CH]OCC(C)(C)CC. The predicted octanol–water partition coefficient (Wildman–Crippen LogP) is 4.01. The zero-order chi connectivity index (χ0) is 11.9. The lowest BCUT2D eigenvalue weighted by molar-refractivity contribution is -0.0337. The Balaban J connectivity index is 3.48. The second kappa shape index (κ2) is 6.49. The first-order valence-corrected chi connectivity index (χ1v) is 5.88. The van der Waals surface area contributed by atoms with Crippen LogP contribution in [0, 0.1) is 17.6 Å². The largest absolute Gasteiger partial charge is 0.347 e. The molecule has 0 aliphatic carbocycles. The van der Waals surface area contributed by atoms with Gasteiger partial charge in [0, 0.05) is 0 Å². The summed E-state index contributed by atoms with van der Waals surface area (Å²) in [5.41, 5.74) is 0.472. The predicted molar refractivity (Wildman–Crippen MR) is 64.3 cm³/mol. The van der Waals surface area contributed by atoms with Crippen molar-refractivity contribution in [3.8, 4) is 0 Å². The fourth-order valence-electron chi connectivity index (χ4n) is 0.771. The van der Waals surface area contributed by atoms with Gasteiger partial charge in [-0.05, 0) is 23.7 Å². The summed E-state index contributed by atoms with van der Waals surface area (Å²) < 4.78 is 10.8. The fourth-order valence-corrected chi connectivity index (χ4v) is 0.771. The topological polar surface area (TPSA) is 18.5 Å². The van der Waals surface area contributed by atoms with Crippen LogP contribution in [0.5, 0.6) is 0 Å². The molecule has 0 amide bonds. The van der Waals surface area contributed by atoms with Crippen LogP contribution >= 0.6 is 0 Å². The van der Waals surface area contributed by atoms with Gasteiger partial charge in [-0.3, -0.25) is 0 Å². The Kier molecular flexibility index (Phi) is 6.46. The summed E-state index contributed by atoms with van der Waals surface area (Å²) in [7, 11) is 0. The van der Waals surface area contributed by atoms with Gasteiger partial charge in [-0.15, -0.1) is 0 Å². The first kappa shape index (κ1) is 14.9. The van der Waals surface area contributed by atoms with Crippen molar-refractivity contribution in [3.63, 3.8) is 0 Å². The van der Waals surface area contributed by atoms with Crippen molar-refractivity contribution in [2.75, 3.05) is 13.2 Å². The van der Waals surface area contributed by atoms with Gasteiger partial charge in [0.05, 0.1) is 13.2 Å².